The van der Waals surface area contributed by atoms with Gasteiger partial charge >= 0.3 is 12.1 Å². The molecule has 1 amide bonds. The van der Waals surface area contributed by atoms with Gasteiger partial charge < -0.3 is 14.8 Å². The standard InChI is InChI=1S/C33H33NO4/c1-33(2,3)38-32(36)34-30(31(35)37-4)29(27-19-15-25(16-20-27)23-11-7-5-8-12-23)28-21-17-26(18-22-28)24-13-9-6-10-14-24/h5-22,29-30H,1-4H3,(H,34,36). The summed E-state index contributed by atoms with van der Waals surface area (Å²) in [4.78, 5) is 25.9. The molecule has 0 aliphatic rings. The van der Waals surface area contributed by atoms with E-state index >= 15 is 0 Å². The number of rotatable bonds is 7. The number of alkyl carbamates (subject to hydrolysis) is 1. The summed E-state index contributed by atoms with van der Waals surface area (Å²) in [7, 11) is 1.32. The lowest BCUT2D eigenvalue weighted by Gasteiger charge is -2.29. The summed E-state index contributed by atoms with van der Waals surface area (Å²) in [5, 5.41) is 2.78. The maximum Gasteiger partial charge on any atom is 0.408 e. The van der Waals surface area contributed by atoms with Crippen LogP contribution in [0.15, 0.2) is 109 Å². The molecule has 0 saturated carbocycles. The molecule has 5 nitrogen and oxygen atoms in total. The average Bonchev–Trinajstić information content (AvgIpc) is 2.93. The van der Waals surface area contributed by atoms with Gasteiger partial charge in [0.1, 0.15) is 11.6 Å². The third-order valence-corrected chi connectivity index (χ3v) is 6.21. The lowest BCUT2D eigenvalue weighted by atomic mass is 9.83. The Hall–Kier alpha value is -4.38. The quantitative estimate of drug-likeness (QED) is 0.268. The highest BCUT2D eigenvalue weighted by Crippen LogP contribution is 2.33. The van der Waals surface area contributed by atoms with Gasteiger partial charge in [0.15, 0.2) is 0 Å². The predicted molar refractivity (Wildman–Crippen MR) is 151 cm³/mol. The van der Waals surface area contributed by atoms with Crippen molar-refractivity contribution in [3.05, 3.63) is 120 Å². The summed E-state index contributed by atoms with van der Waals surface area (Å²) in [5.41, 5.74) is 5.32. The van der Waals surface area contributed by atoms with E-state index < -0.39 is 29.6 Å². The molecule has 0 aliphatic heterocycles. The van der Waals surface area contributed by atoms with Gasteiger partial charge in [0, 0.05) is 5.92 Å². The molecule has 4 rings (SSSR count). The van der Waals surface area contributed by atoms with Crippen LogP contribution < -0.4 is 5.32 Å². The molecule has 5 heteroatoms. The van der Waals surface area contributed by atoms with Gasteiger partial charge in [-0.05, 0) is 54.2 Å². The number of ether oxygens (including phenoxy) is 2. The van der Waals surface area contributed by atoms with E-state index in [1.165, 1.54) is 7.11 Å². The van der Waals surface area contributed by atoms with Crippen LogP contribution in [-0.4, -0.2) is 30.8 Å². The maximum absolute atomic E-state index is 13.1. The Bertz CT molecular complexity index is 1260. The molecular weight excluding hydrogens is 474 g/mol. The Labute approximate surface area is 224 Å². The molecule has 1 atom stereocenters. The Balaban J connectivity index is 1.75. The fraction of sp³-hybridized carbons (Fsp3) is 0.212. The predicted octanol–water partition coefficient (Wildman–Crippen LogP) is 7.22. The lowest BCUT2D eigenvalue weighted by Crippen LogP contribution is -2.47. The second-order valence-corrected chi connectivity index (χ2v) is 10.1. The van der Waals surface area contributed by atoms with Crippen LogP contribution in [-0.2, 0) is 14.3 Å². The SMILES string of the molecule is COC(=O)C(NC(=O)OC(C)(C)C)C(c1ccc(-c2ccccc2)cc1)c1ccc(-c2ccccc2)cc1. The first-order valence-electron chi connectivity index (χ1n) is 12.6. The van der Waals surface area contributed by atoms with Crippen LogP contribution in [0.1, 0.15) is 37.8 Å². The number of methoxy groups -OCH3 is 1. The minimum absolute atomic E-state index is 0.510. The molecule has 0 heterocycles. The van der Waals surface area contributed by atoms with Gasteiger partial charge in [0.25, 0.3) is 0 Å². The van der Waals surface area contributed by atoms with Gasteiger partial charge in [-0.2, -0.15) is 0 Å². The zero-order chi connectivity index (χ0) is 27.1. The zero-order valence-corrected chi connectivity index (χ0v) is 22.2. The highest BCUT2D eigenvalue weighted by Gasteiger charge is 2.34. The number of nitrogens with one attached hydrogen (secondary N) is 1. The van der Waals surface area contributed by atoms with Crippen LogP contribution in [0.4, 0.5) is 4.79 Å². The van der Waals surface area contributed by atoms with Crippen molar-refractivity contribution in [3.63, 3.8) is 0 Å². The third kappa shape index (κ3) is 6.68. The van der Waals surface area contributed by atoms with E-state index in [0.717, 1.165) is 33.4 Å². The van der Waals surface area contributed by atoms with Gasteiger partial charge in [-0.15, -0.1) is 0 Å². The van der Waals surface area contributed by atoms with Crippen molar-refractivity contribution < 1.29 is 19.1 Å². The van der Waals surface area contributed by atoms with Crippen molar-refractivity contribution in [1.82, 2.24) is 5.32 Å². The van der Waals surface area contributed by atoms with Crippen molar-refractivity contribution in [1.29, 1.82) is 0 Å². The smallest absolute Gasteiger partial charge is 0.408 e. The van der Waals surface area contributed by atoms with Crippen LogP contribution in [0.25, 0.3) is 22.3 Å². The zero-order valence-electron chi connectivity index (χ0n) is 22.2. The molecule has 0 fully saturated rings. The van der Waals surface area contributed by atoms with E-state index in [0.29, 0.717) is 0 Å². The minimum atomic E-state index is -1.000. The molecule has 0 bridgehead atoms. The van der Waals surface area contributed by atoms with Crippen LogP contribution in [0, 0.1) is 0 Å². The van der Waals surface area contributed by atoms with Crippen molar-refractivity contribution in [2.45, 2.75) is 38.3 Å². The van der Waals surface area contributed by atoms with Gasteiger partial charge in [0.2, 0.25) is 0 Å². The van der Waals surface area contributed by atoms with Gasteiger partial charge in [-0.1, -0.05) is 109 Å². The molecule has 0 spiro atoms. The second kappa shape index (κ2) is 11.8. The van der Waals surface area contributed by atoms with Crippen LogP contribution in [0.3, 0.4) is 0 Å². The Morgan fingerprint density at radius 1 is 0.632 bits per heavy atom. The fourth-order valence-electron chi connectivity index (χ4n) is 4.44. The highest BCUT2D eigenvalue weighted by atomic mass is 16.6. The van der Waals surface area contributed by atoms with Crippen molar-refractivity contribution in [2.75, 3.05) is 7.11 Å². The number of carbonyl (C=O) groups is 2. The third-order valence-electron chi connectivity index (χ3n) is 6.21. The largest absolute Gasteiger partial charge is 0.467 e. The van der Waals surface area contributed by atoms with Crippen molar-refractivity contribution in [3.8, 4) is 22.3 Å². The Morgan fingerprint density at radius 2 is 1.03 bits per heavy atom. The molecule has 1 unspecified atom stereocenters. The van der Waals surface area contributed by atoms with Crippen LogP contribution in [0.5, 0.6) is 0 Å². The summed E-state index contributed by atoms with van der Waals surface area (Å²) < 4.78 is 10.6. The average molecular weight is 508 g/mol. The van der Waals surface area contributed by atoms with Crippen molar-refractivity contribution in [2.24, 2.45) is 0 Å². The molecule has 1 N–H and O–H groups in total. The van der Waals surface area contributed by atoms with Gasteiger partial charge in [-0.3, -0.25) is 0 Å². The Morgan fingerprint density at radius 3 is 1.39 bits per heavy atom. The number of hydrogen-bond acceptors (Lipinski definition) is 4. The van der Waals surface area contributed by atoms with E-state index in [1.54, 1.807) is 20.8 Å². The molecule has 194 valence electrons. The maximum atomic E-state index is 13.1. The minimum Gasteiger partial charge on any atom is -0.467 e. The van der Waals surface area contributed by atoms with E-state index in [9.17, 15) is 9.59 Å². The summed E-state index contributed by atoms with van der Waals surface area (Å²) in [6.45, 7) is 5.34. The first-order valence-corrected chi connectivity index (χ1v) is 12.6. The summed E-state index contributed by atoms with van der Waals surface area (Å²) >= 11 is 0. The first-order chi connectivity index (χ1) is 18.2. The topological polar surface area (TPSA) is 64.6 Å². The molecule has 0 aliphatic carbocycles. The van der Waals surface area contributed by atoms with E-state index in [4.69, 9.17) is 9.47 Å². The molecule has 0 saturated heterocycles. The Kier molecular flexibility index (Phi) is 8.27. The van der Waals surface area contributed by atoms with Crippen LogP contribution in [0.2, 0.25) is 0 Å². The first kappa shape index (κ1) is 26.7. The number of benzene rings is 4. The van der Waals surface area contributed by atoms with Gasteiger partial charge in [-0.25, -0.2) is 9.59 Å². The van der Waals surface area contributed by atoms with E-state index in [1.807, 2.05) is 84.9 Å². The number of esters is 1. The molecule has 38 heavy (non-hydrogen) atoms. The van der Waals surface area contributed by atoms with Crippen molar-refractivity contribution >= 4 is 12.1 Å². The van der Waals surface area contributed by atoms with E-state index in [2.05, 4.69) is 29.6 Å². The van der Waals surface area contributed by atoms with Crippen LogP contribution >= 0.6 is 0 Å². The monoisotopic (exact) mass is 507 g/mol. The lowest BCUT2D eigenvalue weighted by molar-refractivity contribution is -0.143. The highest BCUT2D eigenvalue weighted by molar-refractivity contribution is 5.83. The summed E-state index contributed by atoms with van der Waals surface area (Å²) in [5.74, 6) is -1.07. The second-order valence-electron chi connectivity index (χ2n) is 10.1. The van der Waals surface area contributed by atoms with E-state index in [-0.39, 0.29) is 0 Å². The fourth-order valence-corrected chi connectivity index (χ4v) is 4.44. The number of carbonyl (C=O) groups excluding carboxylic acids is 2. The summed E-state index contributed by atoms with van der Waals surface area (Å²) in [6, 6.07) is 35.2. The molecule has 4 aromatic rings. The summed E-state index contributed by atoms with van der Waals surface area (Å²) in [6.07, 6.45) is -0.681. The molecule has 4 aromatic carbocycles. The van der Waals surface area contributed by atoms with Gasteiger partial charge in [0.05, 0.1) is 7.11 Å². The molecular formula is C33H33NO4. The molecule has 0 radical (unpaired) electrons. The molecule has 0 aromatic heterocycles. The number of hydrogen-bond donors (Lipinski definition) is 1. The normalized spacial score (nSPS) is 12.0. The number of amides is 1.